The van der Waals surface area contributed by atoms with Crippen molar-refractivity contribution in [3.05, 3.63) is 25.6 Å². The SMILES string of the molecule is CC(C)n1c(=O)[nH]c(=O)c2c1[nH]c(=S)n2C. The van der Waals surface area contributed by atoms with Crippen molar-refractivity contribution in [2.24, 2.45) is 7.05 Å². The van der Waals surface area contributed by atoms with Crippen LogP contribution in [0.3, 0.4) is 0 Å². The molecule has 0 spiro atoms. The van der Waals surface area contributed by atoms with Gasteiger partial charge in [0.15, 0.2) is 10.3 Å². The van der Waals surface area contributed by atoms with Crippen molar-refractivity contribution in [2.45, 2.75) is 19.9 Å². The first-order chi connectivity index (χ1) is 7.43. The molecule has 2 heterocycles. The standard InChI is InChI=1S/C9H12N4O2S/c1-4(2)13-6-5(7(14)11-8(13)15)12(3)9(16)10-6/h4H,1-3H3,(H,10,16)(H,11,14,15). The molecule has 7 heteroatoms. The number of aromatic nitrogens is 4. The van der Waals surface area contributed by atoms with E-state index in [-0.39, 0.29) is 6.04 Å². The third-order valence-corrected chi connectivity index (χ3v) is 2.88. The van der Waals surface area contributed by atoms with Gasteiger partial charge in [-0.3, -0.25) is 14.3 Å². The van der Waals surface area contributed by atoms with Crippen LogP contribution in [-0.2, 0) is 7.05 Å². The normalized spacial score (nSPS) is 11.5. The van der Waals surface area contributed by atoms with E-state index < -0.39 is 11.2 Å². The highest BCUT2D eigenvalue weighted by atomic mass is 32.1. The fraction of sp³-hybridized carbons (Fsp3) is 0.444. The highest BCUT2D eigenvalue weighted by molar-refractivity contribution is 7.71. The van der Waals surface area contributed by atoms with E-state index in [1.54, 1.807) is 11.6 Å². The number of aromatic amines is 2. The van der Waals surface area contributed by atoms with Gasteiger partial charge in [-0.2, -0.15) is 0 Å². The van der Waals surface area contributed by atoms with Crippen LogP contribution < -0.4 is 11.2 Å². The predicted octanol–water partition coefficient (Wildman–Crippen LogP) is 0.667. The van der Waals surface area contributed by atoms with Gasteiger partial charge in [0, 0.05) is 13.1 Å². The van der Waals surface area contributed by atoms with Crippen molar-refractivity contribution in [1.29, 1.82) is 0 Å². The second-order valence-electron chi connectivity index (χ2n) is 3.91. The minimum absolute atomic E-state index is 0.0556. The van der Waals surface area contributed by atoms with Crippen molar-refractivity contribution in [3.63, 3.8) is 0 Å². The molecule has 0 aliphatic rings. The summed E-state index contributed by atoms with van der Waals surface area (Å²) in [4.78, 5) is 28.5. The smallest absolute Gasteiger partial charge is 0.316 e. The second kappa shape index (κ2) is 3.44. The number of nitrogens with one attached hydrogen (secondary N) is 2. The minimum Gasteiger partial charge on any atom is -0.316 e. The van der Waals surface area contributed by atoms with Gasteiger partial charge < -0.3 is 9.55 Å². The monoisotopic (exact) mass is 240 g/mol. The van der Waals surface area contributed by atoms with Gasteiger partial charge in [0.2, 0.25) is 0 Å². The number of rotatable bonds is 1. The first-order valence-electron chi connectivity index (χ1n) is 4.87. The summed E-state index contributed by atoms with van der Waals surface area (Å²) < 4.78 is 3.45. The van der Waals surface area contributed by atoms with E-state index in [0.717, 1.165) is 0 Å². The number of imidazole rings is 1. The molecule has 0 bridgehead atoms. The van der Waals surface area contributed by atoms with Crippen LogP contribution in [0, 0.1) is 4.77 Å². The van der Waals surface area contributed by atoms with E-state index >= 15 is 0 Å². The van der Waals surface area contributed by atoms with Crippen LogP contribution in [0.1, 0.15) is 19.9 Å². The Morgan fingerprint density at radius 1 is 1.25 bits per heavy atom. The highest BCUT2D eigenvalue weighted by Gasteiger charge is 2.13. The van der Waals surface area contributed by atoms with Crippen LogP contribution in [0.4, 0.5) is 0 Å². The maximum atomic E-state index is 11.7. The molecule has 86 valence electrons. The first-order valence-corrected chi connectivity index (χ1v) is 5.28. The van der Waals surface area contributed by atoms with Crippen LogP contribution in [0.25, 0.3) is 11.2 Å². The Bertz CT molecular complexity index is 716. The maximum absolute atomic E-state index is 11.7. The molecule has 6 nitrogen and oxygen atoms in total. The molecule has 16 heavy (non-hydrogen) atoms. The zero-order valence-electron chi connectivity index (χ0n) is 9.20. The van der Waals surface area contributed by atoms with E-state index in [9.17, 15) is 9.59 Å². The lowest BCUT2D eigenvalue weighted by Crippen LogP contribution is -2.31. The first kappa shape index (κ1) is 10.9. The second-order valence-corrected chi connectivity index (χ2v) is 4.30. The predicted molar refractivity (Wildman–Crippen MR) is 63.4 cm³/mol. The Balaban J connectivity index is 3.15. The minimum atomic E-state index is -0.427. The summed E-state index contributed by atoms with van der Waals surface area (Å²) >= 11 is 5.04. The lowest BCUT2D eigenvalue weighted by Gasteiger charge is -2.09. The van der Waals surface area contributed by atoms with Crippen LogP contribution in [0.15, 0.2) is 9.59 Å². The molecular weight excluding hydrogens is 228 g/mol. The number of aryl methyl sites for hydroxylation is 1. The largest absolute Gasteiger partial charge is 0.330 e. The number of H-pyrrole nitrogens is 2. The van der Waals surface area contributed by atoms with E-state index in [2.05, 4.69) is 9.97 Å². The van der Waals surface area contributed by atoms with Crippen molar-refractivity contribution >= 4 is 23.4 Å². The summed E-state index contributed by atoms with van der Waals surface area (Å²) in [5.41, 5.74) is 0.00523. The fourth-order valence-corrected chi connectivity index (χ4v) is 1.94. The van der Waals surface area contributed by atoms with Crippen molar-refractivity contribution in [2.75, 3.05) is 0 Å². The summed E-state index contributed by atoms with van der Waals surface area (Å²) in [5.74, 6) is 0. The summed E-state index contributed by atoms with van der Waals surface area (Å²) in [6, 6.07) is -0.0556. The van der Waals surface area contributed by atoms with Crippen LogP contribution in [0.2, 0.25) is 0 Å². The Labute approximate surface area is 95.5 Å². The summed E-state index contributed by atoms with van der Waals surface area (Å²) in [6.45, 7) is 3.73. The molecule has 0 saturated carbocycles. The molecule has 0 aliphatic heterocycles. The number of nitrogens with zero attached hydrogens (tertiary/aromatic N) is 2. The molecule has 2 aromatic heterocycles. The van der Waals surface area contributed by atoms with E-state index in [4.69, 9.17) is 12.2 Å². The average molecular weight is 240 g/mol. The van der Waals surface area contributed by atoms with Gasteiger partial charge in [0.05, 0.1) is 0 Å². The Hall–Kier alpha value is -1.63. The molecule has 0 fully saturated rings. The number of hydrogen-bond donors (Lipinski definition) is 2. The molecule has 0 unspecified atom stereocenters. The van der Waals surface area contributed by atoms with Crippen molar-refractivity contribution in [3.8, 4) is 0 Å². The van der Waals surface area contributed by atoms with E-state index in [1.807, 2.05) is 13.8 Å². The Morgan fingerprint density at radius 2 is 1.88 bits per heavy atom. The topological polar surface area (TPSA) is 75.6 Å². The van der Waals surface area contributed by atoms with Crippen molar-refractivity contribution in [1.82, 2.24) is 19.1 Å². The molecule has 0 amide bonds. The molecule has 0 radical (unpaired) electrons. The van der Waals surface area contributed by atoms with Gasteiger partial charge in [-0.1, -0.05) is 0 Å². The Morgan fingerprint density at radius 3 is 2.44 bits per heavy atom. The molecule has 2 N–H and O–H groups in total. The fourth-order valence-electron chi connectivity index (χ4n) is 1.75. The molecule has 0 aromatic carbocycles. The van der Waals surface area contributed by atoms with Crippen LogP contribution in [-0.4, -0.2) is 19.1 Å². The van der Waals surface area contributed by atoms with E-state index in [0.29, 0.717) is 15.9 Å². The van der Waals surface area contributed by atoms with Crippen LogP contribution in [0.5, 0.6) is 0 Å². The summed E-state index contributed by atoms with van der Waals surface area (Å²) in [5, 5.41) is 0. The van der Waals surface area contributed by atoms with Gasteiger partial charge in [-0.05, 0) is 26.1 Å². The van der Waals surface area contributed by atoms with Gasteiger partial charge in [-0.25, -0.2) is 4.79 Å². The summed E-state index contributed by atoms with van der Waals surface area (Å²) in [7, 11) is 1.69. The molecule has 2 aromatic rings. The van der Waals surface area contributed by atoms with Gasteiger partial charge >= 0.3 is 5.69 Å². The third-order valence-electron chi connectivity index (χ3n) is 2.50. The molecular formula is C9H12N4O2S. The lowest BCUT2D eigenvalue weighted by molar-refractivity contribution is 0.580. The Kier molecular flexibility index (Phi) is 2.34. The third kappa shape index (κ3) is 1.35. The maximum Gasteiger partial charge on any atom is 0.330 e. The number of fused-ring (bicyclic) bond motifs is 1. The van der Waals surface area contributed by atoms with Crippen molar-refractivity contribution < 1.29 is 0 Å². The van der Waals surface area contributed by atoms with E-state index in [1.165, 1.54) is 4.57 Å². The highest BCUT2D eigenvalue weighted by Crippen LogP contribution is 2.10. The zero-order chi connectivity index (χ0) is 12.0. The quantitative estimate of drug-likeness (QED) is 0.719. The van der Waals surface area contributed by atoms with Gasteiger partial charge in [-0.15, -0.1) is 0 Å². The number of hydrogen-bond acceptors (Lipinski definition) is 3. The van der Waals surface area contributed by atoms with Gasteiger partial charge in [0.25, 0.3) is 5.56 Å². The molecule has 0 aliphatic carbocycles. The van der Waals surface area contributed by atoms with Gasteiger partial charge in [0.1, 0.15) is 5.65 Å². The lowest BCUT2D eigenvalue weighted by atomic mass is 10.4. The zero-order valence-corrected chi connectivity index (χ0v) is 10.0. The average Bonchev–Trinajstić information content (AvgIpc) is 2.42. The molecule has 0 saturated heterocycles. The van der Waals surface area contributed by atoms with Crippen LogP contribution >= 0.6 is 12.2 Å². The summed E-state index contributed by atoms with van der Waals surface area (Å²) in [6.07, 6.45) is 0. The molecule has 2 rings (SSSR count). The molecule has 0 atom stereocenters.